The third-order valence-corrected chi connectivity index (χ3v) is 5.08. The lowest BCUT2D eigenvalue weighted by molar-refractivity contribution is -0.126. The number of ether oxygens (including phenoxy) is 1. The Bertz CT molecular complexity index is 532. The predicted molar refractivity (Wildman–Crippen MR) is 86.9 cm³/mol. The second-order valence-corrected chi connectivity index (χ2v) is 6.44. The molecule has 1 N–H and O–H groups in total. The Balaban J connectivity index is 1.74. The molecule has 1 amide bonds. The Morgan fingerprint density at radius 1 is 1.36 bits per heavy atom. The van der Waals surface area contributed by atoms with E-state index in [1.54, 1.807) is 0 Å². The standard InChI is InChI=1S/C18H26N2O2/c1-3-16-14(10-11-20(16)2)18(21)19-15-8-6-12-22-17-9-5-4-7-13(15)17/h4-5,7,9,14-16H,3,6,8,10-12H2,1-2H3,(H,19,21)/t14-,15-,16+/m0/s1. The van der Waals surface area contributed by atoms with Crippen LogP contribution in [0.25, 0.3) is 0 Å². The molecule has 4 heteroatoms. The Kier molecular flexibility index (Phi) is 4.67. The lowest BCUT2D eigenvalue weighted by Crippen LogP contribution is -2.40. The third-order valence-electron chi connectivity index (χ3n) is 5.08. The third kappa shape index (κ3) is 2.98. The molecule has 4 nitrogen and oxygen atoms in total. The van der Waals surface area contributed by atoms with Gasteiger partial charge < -0.3 is 15.0 Å². The van der Waals surface area contributed by atoms with Crippen LogP contribution >= 0.6 is 0 Å². The molecule has 1 aromatic carbocycles. The number of hydrogen-bond donors (Lipinski definition) is 1. The predicted octanol–water partition coefficient (Wildman–Crippen LogP) is 2.75. The van der Waals surface area contributed by atoms with Gasteiger partial charge in [-0.05, 0) is 45.3 Å². The summed E-state index contributed by atoms with van der Waals surface area (Å²) in [4.78, 5) is 15.1. The summed E-state index contributed by atoms with van der Waals surface area (Å²) in [7, 11) is 2.12. The van der Waals surface area contributed by atoms with E-state index in [4.69, 9.17) is 4.74 Å². The molecule has 2 aliphatic rings. The maximum absolute atomic E-state index is 12.8. The van der Waals surface area contributed by atoms with Gasteiger partial charge in [-0.25, -0.2) is 0 Å². The van der Waals surface area contributed by atoms with Crippen LogP contribution in [0.3, 0.4) is 0 Å². The van der Waals surface area contributed by atoms with Crippen LogP contribution in [0.5, 0.6) is 5.75 Å². The fraction of sp³-hybridized carbons (Fsp3) is 0.611. The molecular weight excluding hydrogens is 276 g/mol. The van der Waals surface area contributed by atoms with Gasteiger partial charge in [0.05, 0.1) is 18.6 Å². The van der Waals surface area contributed by atoms with Crippen molar-refractivity contribution in [3.8, 4) is 5.75 Å². The maximum atomic E-state index is 12.8. The molecule has 1 aromatic rings. The SMILES string of the molecule is CC[C@@H]1[C@@H](C(=O)N[C@H]2CCCOc3ccccc32)CCN1C. The number of rotatable bonds is 3. The first-order chi connectivity index (χ1) is 10.7. The monoisotopic (exact) mass is 302 g/mol. The van der Waals surface area contributed by atoms with Crippen LogP contribution in [-0.2, 0) is 4.79 Å². The number of carbonyl (C=O) groups is 1. The van der Waals surface area contributed by atoms with E-state index in [0.717, 1.165) is 50.1 Å². The van der Waals surface area contributed by atoms with E-state index in [1.807, 2.05) is 18.2 Å². The molecule has 0 aromatic heterocycles. The summed E-state index contributed by atoms with van der Waals surface area (Å²) in [5.41, 5.74) is 1.12. The number of fused-ring (bicyclic) bond motifs is 1. The minimum absolute atomic E-state index is 0.0783. The second-order valence-electron chi connectivity index (χ2n) is 6.44. The zero-order valence-corrected chi connectivity index (χ0v) is 13.5. The molecule has 0 aliphatic carbocycles. The van der Waals surface area contributed by atoms with E-state index in [1.165, 1.54) is 0 Å². The fourth-order valence-electron chi connectivity index (χ4n) is 3.86. The molecule has 0 unspecified atom stereocenters. The fourth-order valence-corrected chi connectivity index (χ4v) is 3.86. The van der Waals surface area contributed by atoms with E-state index in [2.05, 4.69) is 30.3 Å². The van der Waals surface area contributed by atoms with Crippen molar-refractivity contribution >= 4 is 5.91 Å². The molecule has 3 atom stereocenters. The highest BCUT2D eigenvalue weighted by Gasteiger charge is 2.36. The van der Waals surface area contributed by atoms with Crippen molar-refractivity contribution in [1.82, 2.24) is 10.2 Å². The summed E-state index contributed by atoms with van der Waals surface area (Å²) in [5.74, 6) is 1.24. The van der Waals surface area contributed by atoms with Crippen LogP contribution in [0.2, 0.25) is 0 Å². The Hall–Kier alpha value is -1.55. The maximum Gasteiger partial charge on any atom is 0.225 e. The smallest absolute Gasteiger partial charge is 0.225 e. The average Bonchev–Trinajstić information content (AvgIpc) is 2.79. The number of benzene rings is 1. The average molecular weight is 302 g/mol. The minimum atomic E-state index is 0.0783. The quantitative estimate of drug-likeness (QED) is 0.933. The van der Waals surface area contributed by atoms with Gasteiger partial charge in [0.2, 0.25) is 5.91 Å². The zero-order valence-electron chi connectivity index (χ0n) is 13.5. The van der Waals surface area contributed by atoms with Crippen LogP contribution in [0.1, 0.15) is 44.2 Å². The summed E-state index contributed by atoms with van der Waals surface area (Å²) in [6.07, 6.45) is 3.91. The van der Waals surface area contributed by atoms with E-state index < -0.39 is 0 Å². The van der Waals surface area contributed by atoms with E-state index in [9.17, 15) is 4.79 Å². The van der Waals surface area contributed by atoms with Gasteiger partial charge >= 0.3 is 0 Å². The molecule has 3 rings (SSSR count). The lowest BCUT2D eigenvalue weighted by Gasteiger charge is -2.25. The molecule has 0 bridgehead atoms. The largest absolute Gasteiger partial charge is 0.493 e. The highest BCUT2D eigenvalue weighted by atomic mass is 16.5. The van der Waals surface area contributed by atoms with Gasteiger partial charge in [-0.3, -0.25) is 4.79 Å². The second kappa shape index (κ2) is 6.69. The molecule has 2 aliphatic heterocycles. The van der Waals surface area contributed by atoms with Crippen molar-refractivity contribution in [1.29, 1.82) is 0 Å². The van der Waals surface area contributed by atoms with Gasteiger partial charge in [0, 0.05) is 11.6 Å². The van der Waals surface area contributed by atoms with Crippen LogP contribution in [0, 0.1) is 5.92 Å². The first-order valence-corrected chi connectivity index (χ1v) is 8.43. The van der Waals surface area contributed by atoms with Crippen molar-refractivity contribution in [2.75, 3.05) is 20.2 Å². The van der Waals surface area contributed by atoms with Crippen molar-refractivity contribution in [2.24, 2.45) is 5.92 Å². The summed E-state index contributed by atoms with van der Waals surface area (Å²) < 4.78 is 5.79. The number of hydrogen-bond acceptors (Lipinski definition) is 3. The molecule has 22 heavy (non-hydrogen) atoms. The first-order valence-electron chi connectivity index (χ1n) is 8.43. The van der Waals surface area contributed by atoms with Crippen molar-refractivity contribution in [2.45, 2.75) is 44.7 Å². The molecule has 1 saturated heterocycles. The number of carbonyl (C=O) groups excluding carboxylic acids is 1. The summed E-state index contributed by atoms with van der Waals surface area (Å²) in [6, 6.07) is 8.53. The Morgan fingerprint density at radius 3 is 3.00 bits per heavy atom. The molecule has 2 heterocycles. The van der Waals surface area contributed by atoms with Crippen LogP contribution in [0.15, 0.2) is 24.3 Å². The van der Waals surface area contributed by atoms with Crippen LogP contribution < -0.4 is 10.1 Å². The number of nitrogens with one attached hydrogen (secondary N) is 1. The molecule has 1 fully saturated rings. The minimum Gasteiger partial charge on any atom is -0.493 e. The van der Waals surface area contributed by atoms with E-state index in [0.29, 0.717) is 6.04 Å². The Morgan fingerprint density at radius 2 is 2.18 bits per heavy atom. The molecule has 0 radical (unpaired) electrons. The van der Waals surface area contributed by atoms with Gasteiger partial charge in [0.25, 0.3) is 0 Å². The van der Waals surface area contributed by atoms with Crippen LogP contribution in [-0.4, -0.2) is 37.0 Å². The van der Waals surface area contributed by atoms with E-state index >= 15 is 0 Å². The first kappa shape index (κ1) is 15.3. The lowest BCUT2D eigenvalue weighted by atomic mass is 9.95. The number of likely N-dealkylation sites (tertiary alicyclic amines) is 1. The number of nitrogens with zero attached hydrogens (tertiary/aromatic N) is 1. The summed E-state index contributed by atoms with van der Waals surface area (Å²) in [6.45, 7) is 3.91. The van der Waals surface area contributed by atoms with Crippen molar-refractivity contribution in [3.63, 3.8) is 0 Å². The van der Waals surface area contributed by atoms with Gasteiger partial charge in [0.1, 0.15) is 5.75 Å². The topological polar surface area (TPSA) is 41.6 Å². The van der Waals surface area contributed by atoms with Gasteiger partial charge in [-0.15, -0.1) is 0 Å². The molecule has 0 spiro atoms. The van der Waals surface area contributed by atoms with Gasteiger partial charge in [-0.2, -0.15) is 0 Å². The molecule has 120 valence electrons. The normalized spacial score (nSPS) is 28.5. The summed E-state index contributed by atoms with van der Waals surface area (Å²) >= 11 is 0. The number of para-hydroxylation sites is 1. The summed E-state index contributed by atoms with van der Waals surface area (Å²) in [5, 5.41) is 3.30. The van der Waals surface area contributed by atoms with E-state index in [-0.39, 0.29) is 17.9 Å². The van der Waals surface area contributed by atoms with Crippen LogP contribution in [0.4, 0.5) is 0 Å². The molecule has 0 saturated carbocycles. The zero-order chi connectivity index (χ0) is 15.5. The Labute approximate surface area is 132 Å². The van der Waals surface area contributed by atoms with Crippen molar-refractivity contribution < 1.29 is 9.53 Å². The number of amides is 1. The highest BCUT2D eigenvalue weighted by Crippen LogP contribution is 2.32. The molecular formula is C18H26N2O2. The van der Waals surface area contributed by atoms with Gasteiger partial charge in [0.15, 0.2) is 0 Å². The van der Waals surface area contributed by atoms with Gasteiger partial charge in [-0.1, -0.05) is 25.1 Å². The highest BCUT2D eigenvalue weighted by molar-refractivity contribution is 5.80. The van der Waals surface area contributed by atoms with Crippen molar-refractivity contribution in [3.05, 3.63) is 29.8 Å².